The van der Waals surface area contributed by atoms with Crippen molar-refractivity contribution in [1.82, 2.24) is 0 Å². The molecule has 0 spiro atoms. The van der Waals surface area contributed by atoms with E-state index in [4.69, 9.17) is 32.7 Å². The number of amides is 1. The zero-order chi connectivity index (χ0) is 18.6. The number of aryl methyl sites for hydroxylation is 1. The van der Waals surface area contributed by atoms with Gasteiger partial charge in [-0.15, -0.1) is 0 Å². The number of hydrogen-bond acceptors (Lipinski definition) is 5. The molecule has 0 radical (unpaired) electrons. The highest BCUT2D eigenvalue weighted by molar-refractivity contribution is 6.35. The minimum atomic E-state index is -0.553. The standard InChI is InChI=1S/C16H14Cl2N2O5/c1-9-5-13(20(22)23)15(24-2)7-12(9)19-16(21)8-25-14-4-3-10(17)6-11(14)18/h3-7H,8H2,1-2H3,(H,19,21). The molecular formula is C16H14Cl2N2O5. The summed E-state index contributed by atoms with van der Waals surface area (Å²) in [4.78, 5) is 22.5. The number of rotatable bonds is 6. The number of hydrogen-bond donors (Lipinski definition) is 1. The summed E-state index contributed by atoms with van der Waals surface area (Å²) < 4.78 is 10.3. The number of nitro groups is 1. The number of halogens is 2. The van der Waals surface area contributed by atoms with Gasteiger partial charge in [0.1, 0.15) is 5.75 Å². The van der Waals surface area contributed by atoms with Gasteiger partial charge in [-0.25, -0.2) is 0 Å². The molecule has 0 saturated heterocycles. The Hall–Kier alpha value is -2.51. The summed E-state index contributed by atoms with van der Waals surface area (Å²) in [7, 11) is 1.31. The lowest BCUT2D eigenvalue weighted by Crippen LogP contribution is -2.20. The van der Waals surface area contributed by atoms with Crippen LogP contribution >= 0.6 is 23.2 Å². The Morgan fingerprint density at radius 2 is 1.96 bits per heavy atom. The number of nitrogens with zero attached hydrogens (tertiary/aromatic N) is 1. The minimum Gasteiger partial charge on any atom is -0.490 e. The van der Waals surface area contributed by atoms with Crippen molar-refractivity contribution >= 4 is 40.5 Å². The molecule has 2 aromatic carbocycles. The first-order valence-corrected chi connectivity index (χ1v) is 7.78. The van der Waals surface area contributed by atoms with E-state index in [1.165, 1.54) is 25.3 Å². The summed E-state index contributed by atoms with van der Waals surface area (Å²) in [5.41, 5.74) is 0.728. The summed E-state index contributed by atoms with van der Waals surface area (Å²) in [6.45, 7) is 1.35. The molecule has 2 aromatic rings. The van der Waals surface area contributed by atoms with Gasteiger partial charge in [-0.2, -0.15) is 0 Å². The molecule has 0 aliphatic carbocycles. The Morgan fingerprint density at radius 3 is 2.56 bits per heavy atom. The average molecular weight is 385 g/mol. The number of carbonyl (C=O) groups is 1. The largest absolute Gasteiger partial charge is 0.490 e. The van der Waals surface area contributed by atoms with Gasteiger partial charge >= 0.3 is 5.69 Å². The molecular weight excluding hydrogens is 371 g/mol. The van der Waals surface area contributed by atoms with E-state index in [9.17, 15) is 14.9 Å². The second-order valence-electron chi connectivity index (χ2n) is 5.01. The monoisotopic (exact) mass is 384 g/mol. The van der Waals surface area contributed by atoms with Crippen LogP contribution in [-0.2, 0) is 4.79 Å². The quantitative estimate of drug-likeness (QED) is 0.594. The molecule has 25 heavy (non-hydrogen) atoms. The highest BCUT2D eigenvalue weighted by Crippen LogP contribution is 2.33. The fraction of sp³-hybridized carbons (Fsp3) is 0.188. The van der Waals surface area contributed by atoms with Crippen molar-refractivity contribution in [2.75, 3.05) is 19.0 Å². The van der Waals surface area contributed by atoms with Gasteiger partial charge in [-0.05, 0) is 30.7 Å². The average Bonchev–Trinajstić information content (AvgIpc) is 2.55. The lowest BCUT2D eigenvalue weighted by atomic mass is 10.1. The normalized spacial score (nSPS) is 10.2. The van der Waals surface area contributed by atoms with E-state index < -0.39 is 10.8 Å². The fourth-order valence-electron chi connectivity index (χ4n) is 2.04. The lowest BCUT2D eigenvalue weighted by molar-refractivity contribution is -0.385. The summed E-state index contributed by atoms with van der Waals surface area (Å²) in [6.07, 6.45) is 0. The van der Waals surface area contributed by atoms with Crippen LogP contribution in [0.3, 0.4) is 0 Å². The van der Waals surface area contributed by atoms with E-state index in [2.05, 4.69) is 5.32 Å². The topological polar surface area (TPSA) is 90.7 Å². The van der Waals surface area contributed by atoms with E-state index in [0.29, 0.717) is 22.0 Å². The highest BCUT2D eigenvalue weighted by Gasteiger charge is 2.18. The summed E-state index contributed by atoms with van der Waals surface area (Å²) in [6, 6.07) is 7.36. The van der Waals surface area contributed by atoms with Gasteiger partial charge in [-0.3, -0.25) is 14.9 Å². The molecule has 0 unspecified atom stereocenters. The van der Waals surface area contributed by atoms with E-state index in [1.54, 1.807) is 19.1 Å². The molecule has 0 saturated carbocycles. The van der Waals surface area contributed by atoms with Crippen LogP contribution < -0.4 is 14.8 Å². The van der Waals surface area contributed by atoms with E-state index in [1.807, 2.05) is 0 Å². The number of carbonyl (C=O) groups excluding carboxylic acids is 1. The predicted octanol–water partition coefficient (Wildman–Crippen LogP) is 4.24. The maximum Gasteiger partial charge on any atom is 0.311 e. The van der Waals surface area contributed by atoms with Crippen molar-refractivity contribution in [3.05, 3.63) is 56.1 Å². The van der Waals surface area contributed by atoms with Crippen molar-refractivity contribution < 1.29 is 19.2 Å². The van der Waals surface area contributed by atoms with Crippen LogP contribution in [0.5, 0.6) is 11.5 Å². The van der Waals surface area contributed by atoms with E-state index in [-0.39, 0.29) is 23.1 Å². The van der Waals surface area contributed by atoms with Crippen molar-refractivity contribution in [2.24, 2.45) is 0 Å². The van der Waals surface area contributed by atoms with Crippen LogP contribution in [0.25, 0.3) is 0 Å². The van der Waals surface area contributed by atoms with Crippen LogP contribution in [0.2, 0.25) is 10.0 Å². The summed E-state index contributed by atoms with van der Waals surface area (Å²) >= 11 is 11.8. The maximum absolute atomic E-state index is 12.1. The second kappa shape index (κ2) is 8.04. The zero-order valence-corrected chi connectivity index (χ0v) is 14.9. The molecule has 132 valence electrons. The van der Waals surface area contributed by atoms with Gasteiger partial charge in [0.05, 0.1) is 17.1 Å². The van der Waals surface area contributed by atoms with E-state index in [0.717, 1.165) is 0 Å². The Kier molecular flexibility index (Phi) is 6.06. The van der Waals surface area contributed by atoms with Gasteiger partial charge < -0.3 is 14.8 Å². The number of nitro benzene ring substituents is 1. The summed E-state index contributed by atoms with van der Waals surface area (Å²) in [5, 5.41) is 14.3. The Labute approximate surface area is 153 Å². The second-order valence-corrected chi connectivity index (χ2v) is 5.85. The molecule has 1 amide bonds. The van der Waals surface area contributed by atoms with Crippen LogP contribution in [0.4, 0.5) is 11.4 Å². The molecule has 9 heteroatoms. The first-order chi connectivity index (χ1) is 11.8. The molecule has 0 bridgehead atoms. The smallest absolute Gasteiger partial charge is 0.311 e. The van der Waals surface area contributed by atoms with Crippen LogP contribution in [-0.4, -0.2) is 24.5 Å². The number of anilines is 1. The van der Waals surface area contributed by atoms with E-state index >= 15 is 0 Å². The lowest BCUT2D eigenvalue weighted by Gasteiger charge is -2.12. The van der Waals surface area contributed by atoms with Gasteiger partial charge in [0, 0.05) is 22.8 Å². The molecule has 0 atom stereocenters. The molecule has 0 heterocycles. The third kappa shape index (κ3) is 4.74. The van der Waals surface area contributed by atoms with Gasteiger partial charge in [0.2, 0.25) is 0 Å². The van der Waals surface area contributed by atoms with Crippen molar-refractivity contribution in [1.29, 1.82) is 0 Å². The molecule has 7 nitrogen and oxygen atoms in total. The van der Waals surface area contributed by atoms with Crippen molar-refractivity contribution in [3.63, 3.8) is 0 Å². The molecule has 1 N–H and O–H groups in total. The predicted molar refractivity (Wildman–Crippen MR) is 95.0 cm³/mol. The van der Waals surface area contributed by atoms with Gasteiger partial charge in [-0.1, -0.05) is 23.2 Å². The Morgan fingerprint density at radius 1 is 1.24 bits per heavy atom. The number of methoxy groups -OCH3 is 1. The third-order valence-corrected chi connectivity index (χ3v) is 3.78. The number of benzene rings is 2. The van der Waals surface area contributed by atoms with Crippen molar-refractivity contribution in [2.45, 2.75) is 6.92 Å². The Balaban J connectivity index is 2.08. The molecule has 2 rings (SSSR count). The Bertz CT molecular complexity index is 826. The fourth-order valence-corrected chi connectivity index (χ4v) is 2.50. The minimum absolute atomic E-state index is 0.0487. The number of nitrogens with one attached hydrogen (secondary N) is 1. The molecule has 0 aromatic heterocycles. The van der Waals surface area contributed by atoms with Crippen LogP contribution in [0.1, 0.15) is 5.56 Å². The van der Waals surface area contributed by atoms with Crippen molar-refractivity contribution in [3.8, 4) is 11.5 Å². The first-order valence-electron chi connectivity index (χ1n) is 7.02. The van der Waals surface area contributed by atoms with Crippen LogP contribution in [0.15, 0.2) is 30.3 Å². The summed E-state index contributed by atoms with van der Waals surface area (Å²) in [5.74, 6) is -0.0863. The van der Waals surface area contributed by atoms with Gasteiger partial charge in [0.15, 0.2) is 12.4 Å². The zero-order valence-electron chi connectivity index (χ0n) is 13.3. The third-order valence-electron chi connectivity index (χ3n) is 3.25. The highest BCUT2D eigenvalue weighted by atomic mass is 35.5. The SMILES string of the molecule is COc1cc(NC(=O)COc2ccc(Cl)cc2Cl)c(C)cc1[N+](=O)[O-]. The molecule has 0 fully saturated rings. The maximum atomic E-state index is 12.1. The first kappa shape index (κ1) is 18.8. The molecule has 0 aliphatic heterocycles. The number of ether oxygens (including phenoxy) is 2. The van der Waals surface area contributed by atoms with Crippen LogP contribution in [0, 0.1) is 17.0 Å². The van der Waals surface area contributed by atoms with Gasteiger partial charge in [0.25, 0.3) is 5.91 Å². The molecule has 0 aliphatic rings.